The van der Waals surface area contributed by atoms with Crippen molar-refractivity contribution in [2.75, 3.05) is 7.11 Å². The van der Waals surface area contributed by atoms with Crippen molar-refractivity contribution in [3.63, 3.8) is 0 Å². The number of methoxy groups -OCH3 is 1. The number of nitrogens with one attached hydrogen (secondary N) is 1. The third-order valence-electron chi connectivity index (χ3n) is 3.80. The summed E-state index contributed by atoms with van der Waals surface area (Å²) in [4.78, 5) is 23.0. The van der Waals surface area contributed by atoms with Crippen LogP contribution < -0.4 is 10.1 Å². The highest BCUT2D eigenvalue weighted by Crippen LogP contribution is 2.28. The minimum atomic E-state index is -0.285. The van der Waals surface area contributed by atoms with Gasteiger partial charge in [-0.05, 0) is 47.0 Å². The van der Waals surface area contributed by atoms with Crippen molar-refractivity contribution in [2.45, 2.75) is 13.3 Å². The molecule has 2 aromatic carbocycles. The fraction of sp³-hybridized carbons (Fsp3) is 0.176. The van der Waals surface area contributed by atoms with E-state index in [1.807, 2.05) is 43.3 Å². The second-order valence-corrected chi connectivity index (χ2v) is 5.09. The Morgan fingerprint density at radius 2 is 1.81 bits per heavy atom. The van der Waals surface area contributed by atoms with Crippen molar-refractivity contribution in [3.05, 3.63) is 47.5 Å². The second kappa shape index (κ2) is 5.05. The Morgan fingerprint density at radius 1 is 1.10 bits per heavy atom. The zero-order chi connectivity index (χ0) is 15.0. The Morgan fingerprint density at radius 3 is 2.48 bits per heavy atom. The summed E-state index contributed by atoms with van der Waals surface area (Å²) in [5, 5.41) is 4.46. The van der Waals surface area contributed by atoms with Gasteiger partial charge in [-0.2, -0.15) is 0 Å². The molecule has 2 amide bonds. The van der Waals surface area contributed by atoms with Gasteiger partial charge in [-0.1, -0.05) is 18.2 Å². The Hall–Kier alpha value is -2.62. The van der Waals surface area contributed by atoms with Crippen LogP contribution in [0, 0.1) is 0 Å². The van der Waals surface area contributed by atoms with E-state index in [2.05, 4.69) is 5.32 Å². The Balaban J connectivity index is 2.07. The first-order valence-corrected chi connectivity index (χ1v) is 6.70. The Bertz CT molecular complexity index is 790. The fourth-order valence-electron chi connectivity index (χ4n) is 2.55. The van der Waals surface area contributed by atoms with Crippen LogP contribution in [0.25, 0.3) is 16.3 Å². The molecule has 4 heteroatoms. The quantitative estimate of drug-likeness (QED) is 0.680. The molecule has 0 aromatic heterocycles. The molecule has 0 aliphatic carbocycles. The summed E-state index contributed by atoms with van der Waals surface area (Å²) in [6.07, 6.45) is 0.158. The lowest BCUT2D eigenvalue weighted by atomic mass is 9.97. The summed E-state index contributed by atoms with van der Waals surface area (Å²) < 4.78 is 5.21. The van der Waals surface area contributed by atoms with Crippen molar-refractivity contribution < 1.29 is 14.3 Å². The molecule has 1 N–H and O–H groups in total. The molecule has 0 saturated carbocycles. The van der Waals surface area contributed by atoms with Crippen LogP contribution in [0.1, 0.15) is 18.9 Å². The molecule has 0 atom stereocenters. The van der Waals surface area contributed by atoms with Crippen LogP contribution in [-0.4, -0.2) is 18.9 Å². The molecule has 4 nitrogen and oxygen atoms in total. The van der Waals surface area contributed by atoms with Gasteiger partial charge in [-0.3, -0.25) is 14.9 Å². The lowest BCUT2D eigenvalue weighted by Gasteiger charge is -2.07. The van der Waals surface area contributed by atoms with Crippen LogP contribution in [-0.2, 0) is 9.59 Å². The molecule has 21 heavy (non-hydrogen) atoms. The molecular formula is C17H15NO3. The van der Waals surface area contributed by atoms with Gasteiger partial charge in [0.15, 0.2) is 0 Å². The molecule has 0 radical (unpaired) electrons. The van der Waals surface area contributed by atoms with E-state index in [0.717, 1.165) is 27.7 Å². The van der Waals surface area contributed by atoms with E-state index in [9.17, 15) is 9.59 Å². The van der Waals surface area contributed by atoms with Gasteiger partial charge >= 0.3 is 0 Å². The number of hydrogen-bond donors (Lipinski definition) is 1. The van der Waals surface area contributed by atoms with Crippen LogP contribution >= 0.6 is 0 Å². The summed E-state index contributed by atoms with van der Waals surface area (Å²) in [7, 11) is 1.64. The number of fused-ring (bicyclic) bond motifs is 1. The zero-order valence-electron chi connectivity index (χ0n) is 11.9. The molecule has 1 saturated heterocycles. The maximum Gasteiger partial charge on any atom is 0.254 e. The van der Waals surface area contributed by atoms with Crippen molar-refractivity contribution in [3.8, 4) is 5.75 Å². The number of imide groups is 1. The molecule has 1 fully saturated rings. The number of rotatable bonds is 2. The smallest absolute Gasteiger partial charge is 0.254 e. The molecule has 3 rings (SSSR count). The van der Waals surface area contributed by atoms with E-state index in [1.54, 1.807) is 7.11 Å². The van der Waals surface area contributed by atoms with Crippen LogP contribution in [0.5, 0.6) is 5.75 Å². The average Bonchev–Trinajstić information content (AvgIpc) is 2.84. The predicted molar refractivity (Wildman–Crippen MR) is 80.9 cm³/mol. The monoisotopic (exact) mass is 281 g/mol. The van der Waals surface area contributed by atoms with E-state index in [1.165, 1.54) is 0 Å². The van der Waals surface area contributed by atoms with Gasteiger partial charge < -0.3 is 4.74 Å². The van der Waals surface area contributed by atoms with E-state index >= 15 is 0 Å². The van der Waals surface area contributed by atoms with E-state index in [-0.39, 0.29) is 18.2 Å². The van der Waals surface area contributed by atoms with Crippen molar-refractivity contribution in [1.82, 2.24) is 5.32 Å². The maximum absolute atomic E-state index is 11.7. The average molecular weight is 281 g/mol. The molecule has 0 spiro atoms. The van der Waals surface area contributed by atoms with E-state index < -0.39 is 0 Å². The first kappa shape index (κ1) is 13.4. The highest BCUT2D eigenvalue weighted by molar-refractivity contribution is 6.17. The third-order valence-corrected chi connectivity index (χ3v) is 3.80. The number of benzene rings is 2. The van der Waals surface area contributed by atoms with Crippen molar-refractivity contribution >= 4 is 28.2 Å². The zero-order valence-corrected chi connectivity index (χ0v) is 11.9. The first-order valence-electron chi connectivity index (χ1n) is 6.70. The predicted octanol–water partition coefficient (Wildman–Crippen LogP) is 2.67. The van der Waals surface area contributed by atoms with Gasteiger partial charge in [0.25, 0.3) is 5.91 Å². The lowest BCUT2D eigenvalue weighted by molar-refractivity contribution is -0.124. The highest BCUT2D eigenvalue weighted by atomic mass is 16.5. The molecule has 0 bridgehead atoms. The van der Waals surface area contributed by atoms with Gasteiger partial charge in [-0.25, -0.2) is 0 Å². The lowest BCUT2D eigenvalue weighted by Crippen LogP contribution is -2.19. The van der Waals surface area contributed by atoms with Gasteiger partial charge in [0.1, 0.15) is 5.75 Å². The Kier molecular flexibility index (Phi) is 3.22. The largest absolute Gasteiger partial charge is 0.497 e. The number of carbonyl (C=O) groups is 2. The fourth-order valence-corrected chi connectivity index (χ4v) is 2.55. The normalized spacial score (nSPS) is 17.0. The second-order valence-electron chi connectivity index (χ2n) is 5.09. The molecule has 1 aliphatic heterocycles. The first-order chi connectivity index (χ1) is 10.1. The SMILES string of the molecule is COc1ccc2cc(C(C)=C3CC(=O)NC3=O)ccc2c1. The van der Waals surface area contributed by atoms with E-state index in [4.69, 9.17) is 4.74 Å². The van der Waals surface area contributed by atoms with Crippen LogP contribution in [0.4, 0.5) is 0 Å². The number of hydrogen-bond acceptors (Lipinski definition) is 3. The summed E-state index contributed by atoms with van der Waals surface area (Å²) in [5.74, 6) is 0.290. The summed E-state index contributed by atoms with van der Waals surface area (Å²) in [5.41, 5.74) is 2.34. The number of amides is 2. The summed E-state index contributed by atoms with van der Waals surface area (Å²) >= 11 is 0. The topological polar surface area (TPSA) is 55.4 Å². The van der Waals surface area contributed by atoms with E-state index in [0.29, 0.717) is 5.57 Å². The number of ether oxygens (including phenoxy) is 1. The highest BCUT2D eigenvalue weighted by Gasteiger charge is 2.26. The molecule has 1 aliphatic rings. The van der Waals surface area contributed by atoms with Gasteiger partial charge in [-0.15, -0.1) is 0 Å². The van der Waals surface area contributed by atoms with Crippen molar-refractivity contribution in [2.24, 2.45) is 0 Å². The van der Waals surface area contributed by atoms with Gasteiger partial charge in [0, 0.05) is 5.57 Å². The van der Waals surface area contributed by atoms with Crippen LogP contribution in [0.2, 0.25) is 0 Å². The Labute approximate surface area is 122 Å². The molecule has 2 aromatic rings. The van der Waals surface area contributed by atoms with Gasteiger partial charge in [0.05, 0.1) is 13.5 Å². The molecule has 1 heterocycles. The minimum Gasteiger partial charge on any atom is -0.497 e. The van der Waals surface area contributed by atoms with Crippen LogP contribution in [0.15, 0.2) is 42.0 Å². The minimum absolute atomic E-state index is 0.158. The molecular weight excluding hydrogens is 266 g/mol. The summed E-state index contributed by atoms with van der Waals surface area (Å²) in [6.45, 7) is 1.87. The molecule has 0 unspecified atom stereocenters. The van der Waals surface area contributed by atoms with Gasteiger partial charge in [0.2, 0.25) is 5.91 Å². The summed E-state index contributed by atoms with van der Waals surface area (Å²) in [6, 6.07) is 11.8. The standard InChI is InChI=1S/C17H15NO3/c1-10(15-9-16(19)18-17(15)20)11-3-4-13-8-14(21-2)6-5-12(13)7-11/h3-8H,9H2,1-2H3,(H,18,19,20). The number of carbonyl (C=O) groups excluding carboxylic acids is 2. The van der Waals surface area contributed by atoms with Crippen LogP contribution in [0.3, 0.4) is 0 Å². The molecule has 106 valence electrons. The third kappa shape index (κ3) is 2.40. The maximum atomic E-state index is 11.7. The number of allylic oxidation sites excluding steroid dienone is 1. The van der Waals surface area contributed by atoms with Crippen molar-refractivity contribution in [1.29, 1.82) is 0 Å².